The highest BCUT2D eigenvalue weighted by Gasteiger charge is 2.49. The topological polar surface area (TPSA) is 50.4 Å². The third-order valence-electron chi connectivity index (χ3n) is 4.31. The van der Waals surface area contributed by atoms with Crippen LogP contribution in [0.2, 0.25) is 0 Å². The van der Waals surface area contributed by atoms with Gasteiger partial charge in [-0.25, -0.2) is 0 Å². The van der Waals surface area contributed by atoms with E-state index in [1.54, 1.807) is 7.11 Å². The molecule has 0 radical (unpaired) electrons. The van der Waals surface area contributed by atoms with Gasteiger partial charge in [-0.05, 0) is 25.5 Å². The number of rotatable bonds is 5. The molecule has 1 fully saturated rings. The van der Waals surface area contributed by atoms with Crippen LogP contribution >= 0.6 is 0 Å². The van der Waals surface area contributed by atoms with Crippen molar-refractivity contribution in [1.82, 2.24) is 5.32 Å². The Morgan fingerprint density at radius 3 is 2.70 bits per heavy atom. The van der Waals surface area contributed by atoms with Crippen LogP contribution in [0.4, 0.5) is 5.69 Å². The number of methoxy groups -OCH3 is 1. The van der Waals surface area contributed by atoms with E-state index < -0.39 is 0 Å². The van der Waals surface area contributed by atoms with E-state index in [0.717, 1.165) is 18.7 Å². The summed E-state index contributed by atoms with van der Waals surface area (Å²) in [5, 5.41) is 6.35. The maximum Gasteiger partial charge on any atom is 0.253 e. The zero-order chi connectivity index (χ0) is 14.8. The molecular formula is C16H24N2O2. The molecule has 2 atom stereocenters. The summed E-state index contributed by atoms with van der Waals surface area (Å²) in [6.07, 6.45) is 1.09. The largest absolute Gasteiger partial charge is 0.385 e. The average molecular weight is 276 g/mol. The Labute approximate surface area is 120 Å². The molecule has 1 aliphatic carbocycles. The van der Waals surface area contributed by atoms with Crippen molar-refractivity contribution in [3.8, 4) is 0 Å². The van der Waals surface area contributed by atoms with Gasteiger partial charge in [-0.1, -0.05) is 26.0 Å². The van der Waals surface area contributed by atoms with Gasteiger partial charge in [-0.2, -0.15) is 0 Å². The maximum absolute atomic E-state index is 12.4. The predicted molar refractivity (Wildman–Crippen MR) is 81.1 cm³/mol. The fourth-order valence-electron chi connectivity index (χ4n) is 2.79. The molecule has 110 valence electrons. The Morgan fingerprint density at radius 1 is 1.40 bits per heavy atom. The van der Waals surface area contributed by atoms with Gasteiger partial charge in [0.1, 0.15) is 0 Å². The molecule has 1 saturated carbocycles. The quantitative estimate of drug-likeness (QED) is 0.869. The molecule has 1 aromatic rings. The summed E-state index contributed by atoms with van der Waals surface area (Å²) >= 11 is 0. The molecule has 1 aromatic carbocycles. The van der Waals surface area contributed by atoms with Crippen molar-refractivity contribution in [3.63, 3.8) is 0 Å². The van der Waals surface area contributed by atoms with Gasteiger partial charge in [0.25, 0.3) is 5.91 Å². The van der Waals surface area contributed by atoms with Crippen LogP contribution in [0.5, 0.6) is 0 Å². The molecule has 0 aromatic heterocycles. The summed E-state index contributed by atoms with van der Waals surface area (Å²) in [5.41, 5.74) is 1.57. The van der Waals surface area contributed by atoms with Gasteiger partial charge in [0.15, 0.2) is 0 Å². The van der Waals surface area contributed by atoms with Gasteiger partial charge in [0.2, 0.25) is 0 Å². The van der Waals surface area contributed by atoms with Crippen LogP contribution in [0.3, 0.4) is 0 Å². The van der Waals surface area contributed by atoms with Crippen LogP contribution in [0.1, 0.15) is 37.6 Å². The maximum atomic E-state index is 12.4. The van der Waals surface area contributed by atoms with Crippen LogP contribution in [0.25, 0.3) is 0 Å². The van der Waals surface area contributed by atoms with Crippen LogP contribution in [0, 0.1) is 5.41 Å². The minimum absolute atomic E-state index is 0.0163. The lowest BCUT2D eigenvalue weighted by molar-refractivity contribution is -0.0942. The number of anilines is 1. The Hall–Kier alpha value is -1.55. The van der Waals surface area contributed by atoms with E-state index in [2.05, 4.69) is 24.5 Å². The van der Waals surface area contributed by atoms with Crippen LogP contribution in [0.15, 0.2) is 24.3 Å². The molecule has 2 rings (SSSR count). The van der Waals surface area contributed by atoms with Crippen LogP contribution in [-0.2, 0) is 4.74 Å². The standard InChI is InChI=1S/C16H24N2O2/c1-5-17-12-9-7-6-8-11(12)15(19)18-13-10-14(20-4)16(13,2)3/h6-9,13-14,17H,5,10H2,1-4H3,(H,18,19). The van der Waals surface area contributed by atoms with Gasteiger partial charge in [-0.3, -0.25) is 4.79 Å². The van der Waals surface area contributed by atoms with E-state index in [9.17, 15) is 4.79 Å². The van der Waals surface area contributed by atoms with E-state index >= 15 is 0 Å². The van der Waals surface area contributed by atoms with Crippen molar-refractivity contribution in [1.29, 1.82) is 0 Å². The smallest absolute Gasteiger partial charge is 0.253 e. The van der Waals surface area contributed by atoms with Crippen LogP contribution < -0.4 is 10.6 Å². The lowest BCUT2D eigenvalue weighted by Crippen LogP contribution is -2.61. The lowest BCUT2D eigenvalue weighted by Gasteiger charge is -2.51. The van der Waals surface area contributed by atoms with Gasteiger partial charge in [-0.15, -0.1) is 0 Å². The summed E-state index contributed by atoms with van der Waals surface area (Å²) in [4.78, 5) is 12.4. The highest BCUT2D eigenvalue weighted by atomic mass is 16.5. The zero-order valence-electron chi connectivity index (χ0n) is 12.7. The zero-order valence-corrected chi connectivity index (χ0v) is 12.7. The SMILES string of the molecule is CCNc1ccccc1C(=O)NC1CC(OC)C1(C)C. The molecular weight excluding hydrogens is 252 g/mol. The molecule has 4 nitrogen and oxygen atoms in total. The molecule has 2 unspecified atom stereocenters. The van der Waals surface area contributed by atoms with Crippen molar-refractivity contribution < 1.29 is 9.53 Å². The molecule has 2 N–H and O–H groups in total. The van der Waals surface area contributed by atoms with Gasteiger partial charge < -0.3 is 15.4 Å². The van der Waals surface area contributed by atoms with Gasteiger partial charge in [0.05, 0.1) is 11.7 Å². The first kappa shape index (κ1) is 14.9. The van der Waals surface area contributed by atoms with Crippen LogP contribution in [-0.4, -0.2) is 31.7 Å². The van der Waals surface area contributed by atoms with E-state index in [1.165, 1.54) is 0 Å². The molecule has 0 aliphatic heterocycles. The summed E-state index contributed by atoms with van der Waals surface area (Å²) in [6, 6.07) is 7.77. The van der Waals surface area contributed by atoms with E-state index in [-0.39, 0.29) is 23.5 Å². The number of hydrogen-bond acceptors (Lipinski definition) is 3. The average Bonchev–Trinajstić information content (AvgIpc) is 2.43. The van der Waals surface area contributed by atoms with Crippen molar-refractivity contribution >= 4 is 11.6 Å². The highest BCUT2D eigenvalue weighted by Crippen LogP contribution is 2.42. The summed E-state index contributed by atoms with van der Waals surface area (Å²) in [7, 11) is 1.73. The van der Waals surface area contributed by atoms with E-state index in [4.69, 9.17) is 4.74 Å². The molecule has 0 bridgehead atoms. The van der Waals surface area contributed by atoms with Crippen molar-refractivity contribution in [2.24, 2.45) is 5.41 Å². The first-order chi connectivity index (χ1) is 9.50. The number of carbonyl (C=O) groups excluding carboxylic acids is 1. The normalized spacial score (nSPS) is 23.8. The second-order valence-electron chi connectivity index (χ2n) is 5.88. The minimum Gasteiger partial charge on any atom is -0.385 e. The summed E-state index contributed by atoms with van der Waals surface area (Å²) in [6.45, 7) is 7.08. The third-order valence-corrected chi connectivity index (χ3v) is 4.31. The van der Waals surface area contributed by atoms with Crippen molar-refractivity contribution in [2.75, 3.05) is 19.0 Å². The molecule has 20 heavy (non-hydrogen) atoms. The van der Waals surface area contributed by atoms with E-state index in [0.29, 0.717) is 5.56 Å². The predicted octanol–water partition coefficient (Wildman–Crippen LogP) is 2.66. The number of hydrogen-bond donors (Lipinski definition) is 2. The van der Waals surface area contributed by atoms with Gasteiger partial charge in [0, 0.05) is 30.8 Å². The Balaban J connectivity index is 2.07. The number of para-hydroxylation sites is 1. The second kappa shape index (κ2) is 5.83. The lowest BCUT2D eigenvalue weighted by atomic mass is 9.64. The Morgan fingerprint density at radius 2 is 2.10 bits per heavy atom. The fourth-order valence-corrected chi connectivity index (χ4v) is 2.79. The number of benzene rings is 1. The Kier molecular flexibility index (Phi) is 4.33. The molecule has 0 saturated heterocycles. The first-order valence-corrected chi connectivity index (χ1v) is 7.17. The van der Waals surface area contributed by atoms with Gasteiger partial charge >= 0.3 is 0 Å². The van der Waals surface area contributed by atoms with Crippen molar-refractivity contribution in [2.45, 2.75) is 39.3 Å². The molecule has 0 spiro atoms. The number of ether oxygens (including phenoxy) is 1. The van der Waals surface area contributed by atoms with Crippen molar-refractivity contribution in [3.05, 3.63) is 29.8 Å². The number of nitrogens with one attached hydrogen (secondary N) is 2. The summed E-state index contributed by atoms with van der Waals surface area (Å²) in [5.74, 6) is -0.0193. The molecule has 0 heterocycles. The van der Waals surface area contributed by atoms with E-state index in [1.807, 2.05) is 31.2 Å². The minimum atomic E-state index is -0.0193. The third kappa shape index (κ3) is 2.66. The highest BCUT2D eigenvalue weighted by molar-refractivity contribution is 5.99. The Bertz CT molecular complexity index is 485. The fraction of sp³-hybridized carbons (Fsp3) is 0.562. The molecule has 4 heteroatoms. The summed E-state index contributed by atoms with van der Waals surface area (Å²) < 4.78 is 5.42. The number of amides is 1. The molecule has 1 amide bonds. The number of carbonyl (C=O) groups is 1. The first-order valence-electron chi connectivity index (χ1n) is 7.17. The second-order valence-corrected chi connectivity index (χ2v) is 5.88. The monoisotopic (exact) mass is 276 g/mol. The molecule has 1 aliphatic rings.